The minimum Gasteiger partial charge on any atom is -0.481 e. The first-order valence-electron chi connectivity index (χ1n) is 6.32. The summed E-state index contributed by atoms with van der Waals surface area (Å²) in [6.07, 6.45) is 0.561. The Bertz CT molecular complexity index is 621. The van der Waals surface area contributed by atoms with Crippen molar-refractivity contribution in [3.05, 3.63) is 29.6 Å². The lowest BCUT2D eigenvalue weighted by Crippen LogP contribution is -2.40. The van der Waals surface area contributed by atoms with Crippen molar-refractivity contribution in [3.8, 4) is 0 Å². The summed E-state index contributed by atoms with van der Waals surface area (Å²) in [5, 5.41) is 8.91. The normalized spacial score (nSPS) is 18.1. The van der Waals surface area contributed by atoms with Crippen molar-refractivity contribution >= 4 is 16.0 Å². The molecule has 2 rings (SSSR count). The van der Waals surface area contributed by atoms with Crippen molar-refractivity contribution < 1.29 is 22.7 Å². The highest BCUT2D eigenvalue weighted by molar-refractivity contribution is 7.89. The molecular weight excluding hydrogens is 285 g/mol. The van der Waals surface area contributed by atoms with Gasteiger partial charge in [0.15, 0.2) is 0 Å². The molecule has 0 saturated carbocycles. The molecule has 0 aromatic heterocycles. The number of carboxylic acids is 1. The maximum atomic E-state index is 13.5. The first kappa shape index (κ1) is 14.9. The van der Waals surface area contributed by atoms with Crippen LogP contribution in [0.2, 0.25) is 0 Å². The number of aliphatic carboxylic acids is 1. The molecule has 1 heterocycles. The van der Waals surface area contributed by atoms with Gasteiger partial charge in [0.2, 0.25) is 10.0 Å². The summed E-state index contributed by atoms with van der Waals surface area (Å²) in [6.45, 7) is 1.72. The summed E-state index contributed by atoms with van der Waals surface area (Å²) in [6, 6.07) is 3.95. The zero-order valence-corrected chi connectivity index (χ0v) is 11.9. The molecule has 1 aromatic rings. The Morgan fingerprint density at radius 1 is 1.35 bits per heavy atom. The minimum absolute atomic E-state index is 0.0497. The largest absolute Gasteiger partial charge is 0.481 e. The second kappa shape index (κ2) is 5.49. The molecule has 5 nitrogen and oxygen atoms in total. The fourth-order valence-corrected chi connectivity index (χ4v) is 4.05. The molecule has 0 bridgehead atoms. The zero-order chi connectivity index (χ0) is 14.9. The van der Waals surface area contributed by atoms with E-state index < -0.39 is 27.7 Å². The standard InChI is InChI=1S/C13H16FNO4S/c1-9-11(14)3-2-4-12(9)20(18,19)15-7-5-10(6-8-15)13(16)17/h2-4,10H,5-8H2,1H3,(H,16,17). The van der Waals surface area contributed by atoms with Gasteiger partial charge in [0.1, 0.15) is 5.82 Å². The van der Waals surface area contributed by atoms with E-state index in [1.165, 1.54) is 29.4 Å². The van der Waals surface area contributed by atoms with Gasteiger partial charge in [-0.1, -0.05) is 6.07 Å². The predicted molar refractivity (Wildman–Crippen MR) is 70.3 cm³/mol. The number of hydrogen-bond acceptors (Lipinski definition) is 3. The van der Waals surface area contributed by atoms with Crippen molar-refractivity contribution in [1.29, 1.82) is 0 Å². The highest BCUT2D eigenvalue weighted by Crippen LogP contribution is 2.26. The number of hydrogen-bond donors (Lipinski definition) is 1. The predicted octanol–water partition coefficient (Wildman–Crippen LogP) is 1.62. The monoisotopic (exact) mass is 301 g/mol. The summed E-state index contributed by atoms with van der Waals surface area (Å²) >= 11 is 0. The number of benzene rings is 1. The van der Waals surface area contributed by atoms with Crippen LogP contribution in [0, 0.1) is 18.7 Å². The van der Waals surface area contributed by atoms with Gasteiger partial charge in [0.25, 0.3) is 0 Å². The van der Waals surface area contributed by atoms with Crippen LogP contribution in [0.5, 0.6) is 0 Å². The molecule has 110 valence electrons. The van der Waals surface area contributed by atoms with E-state index in [-0.39, 0.29) is 36.4 Å². The van der Waals surface area contributed by atoms with E-state index in [9.17, 15) is 17.6 Å². The molecular formula is C13H16FNO4S. The molecule has 0 radical (unpaired) electrons. The third kappa shape index (κ3) is 2.69. The van der Waals surface area contributed by atoms with Crippen LogP contribution in [-0.4, -0.2) is 36.9 Å². The lowest BCUT2D eigenvalue weighted by molar-refractivity contribution is -0.142. The molecule has 1 aliphatic heterocycles. The van der Waals surface area contributed by atoms with Gasteiger partial charge in [0.05, 0.1) is 10.8 Å². The lowest BCUT2D eigenvalue weighted by atomic mass is 9.99. The fraction of sp³-hybridized carbons (Fsp3) is 0.462. The third-order valence-electron chi connectivity index (χ3n) is 3.64. The molecule has 0 spiro atoms. The van der Waals surface area contributed by atoms with Crippen LogP contribution in [0.25, 0.3) is 0 Å². The van der Waals surface area contributed by atoms with E-state index in [1.807, 2.05) is 0 Å². The third-order valence-corrected chi connectivity index (χ3v) is 5.68. The summed E-state index contributed by atoms with van der Waals surface area (Å²) in [5.41, 5.74) is 0.0906. The number of carbonyl (C=O) groups is 1. The molecule has 0 atom stereocenters. The zero-order valence-electron chi connectivity index (χ0n) is 11.0. The Morgan fingerprint density at radius 2 is 1.95 bits per heavy atom. The highest BCUT2D eigenvalue weighted by atomic mass is 32.2. The molecule has 1 N–H and O–H groups in total. The Kier molecular flexibility index (Phi) is 4.10. The molecule has 20 heavy (non-hydrogen) atoms. The molecule has 1 aliphatic rings. The molecule has 1 fully saturated rings. The number of halogens is 1. The van der Waals surface area contributed by atoms with Crippen LogP contribution in [0.3, 0.4) is 0 Å². The second-order valence-corrected chi connectivity index (χ2v) is 6.79. The molecule has 0 unspecified atom stereocenters. The molecule has 0 aliphatic carbocycles. The summed E-state index contributed by atoms with van der Waals surface area (Å²) in [4.78, 5) is 10.8. The van der Waals surface area contributed by atoms with E-state index >= 15 is 0 Å². The topological polar surface area (TPSA) is 74.7 Å². The molecule has 1 saturated heterocycles. The Hall–Kier alpha value is -1.47. The minimum atomic E-state index is -3.76. The number of carboxylic acid groups (broad SMARTS) is 1. The van der Waals surface area contributed by atoms with Crippen molar-refractivity contribution in [2.45, 2.75) is 24.7 Å². The first-order valence-corrected chi connectivity index (χ1v) is 7.76. The van der Waals surface area contributed by atoms with Gasteiger partial charge >= 0.3 is 5.97 Å². The number of piperidine rings is 1. The van der Waals surface area contributed by atoms with Crippen molar-refractivity contribution in [2.24, 2.45) is 5.92 Å². The van der Waals surface area contributed by atoms with E-state index in [0.29, 0.717) is 0 Å². The summed E-state index contributed by atoms with van der Waals surface area (Å²) < 4.78 is 39.6. The van der Waals surface area contributed by atoms with Gasteiger partial charge in [0, 0.05) is 18.7 Å². The van der Waals surface area contributed by atoms with E-state index in [2.05, 4.69) is 0 Å². The van der Waals surface area contributed by atoms with Gasteiger partial charge < -0.3 is 5.11 Å². The lowest BCUT2D eigenvalue weighted by Gasteiger charge is -2.29. The van der Waals surface area contributed by atoms with Crippen molar-refractivity contribution in [2.75, 3.05) is 13.1 Å². The summed E-state index contributed by atoms with van der Waals surface area (Å²) in [7, 11) is -3.76. The fourth-order valence-electron chi connectivity index (χ4n) is 2.35. The SMILES string of the molecule is Cc1c(F)cccc1S(=O)(=O)N1CCC(C(=O)O)CC1. The maximum absolute atomic E-state index is 13.5. The molecule has 7 heteroatoms. The van der Waals surface area contributed by atoms with Crippen LogP contribution >= 0.6 is 0 Å². The van der Waals surface area contributed by atoms with Crippen molar-refractivity contribution in [3.63, 3.8) is 0 Å². The molecule has 0 amide bonds. The molecule has 1 aromatic carbocycles. The summed E-state index contributed by atoms with van der Waals surface area (Å²) in [5.74, 6) is -1.97. The number of rotatable bonds is 3. The van der Waals surface area contributed by atoms with Gasteiger partial charge in [-0.3, -0.25) is 4.79 Å². The number of sulfonamides is 1. The Labute approximate surface area is 117 Å². The highest BCUT2D eigenvalue weighted by Gasteiger charge is 2.33. The van der Waals surface area contributed by atoms with Gasteiger partial charge in [-0.15, -0.1) is 0 Å². The maximum Gasteiger partial charge on any atom is 0.306 e. The van der Waals surface area contributed by atoms with Crippen LogP contribution in [-0.2, 0) is 14.8 Å². The Balaban J connectivity index is 2.24. The Morgan fingerprint density at radius 3 is 2.50 bits per heavy atom. The van der Waals surface area contributed by atoms with Gasteiger partial charge in [-0.2, -0.15) is 4.31 Å². The van der Waals surface area contributed by atoms with Crippen molar-refractivity contribution in [1.82, 2.24) is 4.31 Å². The second-order valence-electron chi connectivity index (χ2n) is 4.88. The van der Waals surface area contributed by atoms with E-state index in [0.717, 1.165) is 0 Å². The quantitative estimate of drug-likeness (QED) is 0.920. The average molecular weight is 301 g/mol. The van der Waals surface area contributed by atoms with Crippen LogP contribution in [0.1, 0.15) is 18.4 Å². The van der Waals surface area contributed by atoms with E-state index in [4.69, 9.17) is 5.11 Å². The van der Waals surface area contributed by atoms with Crippen LogP contribution in [0.15, 0.2) is 23.1 Å². The van der Waals surface area contributed by atoms with Gasteiger partial charge in [-0.25, -0.2) is 12.8 Å². The first-order chi connectivity index (χ1) is 9.34. The smallest absolute Gasteiger partial charge is 0.306 e. The van der Waals surface area contributed by atoms with E-state index in [1.54, 1.807) is 0 Å². The van der Waals surface area contributed by atoms with Crippen LogP contribution in [0.4, 0.5) is 4.39 Å². The number of nitrogens with zero attached hydrogens (tertiary/aromatic N) is 1. The van der Waals surface area contributed by atoms with Crippen LogP contribution < -0.4 is 0 Å². The van der Waals surface area contributed by atoms with Gasteiger partial charge in [-0.05, 0) is 31.9 Å². The average Bonchev–Trinajstić information content (AvgIpc) is 2.41.